The highest BCUT2D eigenvalue weighted by atomic mass is 31.2. The molecule has 14 heteroatoms. The minimum atomic E-state index is -4.20. The number of benzene rings is 1. The second-order valence-corrected chi connectivity index (χ2v) is 12.0. The molecule has 1 aromatic carbocycles. The van der Waals surface area contributed by atoms with E-state index in [2.05, 4.69) is 15.2 Å². The third kappa shape index (κ3) is 5.71. The van der Waals surface area contributed by atoms with Crippen molar-refractivity contribution in [1.82, 2.24) is 19.7 Å². The summed E-state index contributed by atoms with van der Waals surface area (Å²) >= 11 is 0. The number of nitrogen functional groups attached to an aromatic ring is 1. The molecule has 3 aromatic rings. The van der Waals surface area contributed by atoms with Gasteiger partial charge in [0.15, 0.2) is 5.82 Å². The number of fused-ring (bicyclic) bond motifs is 1. The van der Waals surface area contributed by atoms with Gasteiger partial charge in [0, 0.05) is 0 Å². The Bertz CT molecular complexity index is 1390. The Labute approximate surface area is 231 Å². The van der Waals surface area contributed by atoms with Crippen molar-refractivity contribution in [1.29, 1.82) is 0 Å². The number of aliphatic hydroxyl groups excluding tert-OH is 2. The summed E-state index contributed by atoms with van der Waals surface area (Å²) in [5.41, 5.74) is 5.45. The number of carbonyl (C=O) groups is 1. The molecule has 6 atom stereocenters. The van der Waals surface area contributed by atoms with Crippen LogP contribution in [0.2, 0.25) is 0 Å². The number of anilines is 1. The first-order valence-electron chi connectivity index (χ1n) is 13.2. The van der Waals surface area contributed by atoms with Crippen molar-refractivity contribution in [2.75, 3.05) is 18.9 Å². The average molecular weight is 576 g/mol. The summed E-state index contributed by atoms with van der Waals surface area (Å²) in [7, 11) is -4.20. The second kappa shape index (κ2) is 11.4. The van der Waals surface area contributed by atoms with Crippen LogP contribution in [0.15, 0.2) is 48.8 Å². The second-order valence-electron chi connectivity index (χ2n) is 10.3. The number of para-hydroxylation sites is 1. The van der Waals surface area contributed by atoms with Gasteiger partial charge in [0.05, 0.1) is 18.9 Å². The molecule has 0 bridgehead atoms. The molecule has 5 N–H and O–H groups in total. The predicted octanol–water partition coefficient (Wildman–Crippen LogP) is 2.17. The van der Waals surface area contributed by atoms with Gasteiger partial charge in [-0.25, -0.2) is 14.1 Å². The van der Waals surface area contributed by atoms with Gasteiger partial charge in [-0.1, -0.05) is 24.6 Å². The molecule has 0 radical (unpaired) electrons. The summed E-state index contributed by atoms with van der Waals surface area (Å²) in [6.45, 7) is 2.97. The number of hydrogen-bond acceptors (Lipinski definition) is 11. The first kappa shape index (κ1) is 28.5. The minimum absolute atomic E-state index is 0.239. The van der Waals surface area contributed by atoms with E-state index in [0.29, 0.717) is 23.7 Å². The number of nitrogens with zero attached hydrogens (tertiary/aromatic N) is 3. The van der Waals surface area contributed by atoms with E-state index in [0.717, 1.165) is 19.3 Å². The number of nitrogens with one attached hydrogen (secondary N) is 1. The molecule has 0 spiro atoms. The van der Waals surface area contributed by atoms with Gasteiger partial charge in [0.2, 0.25) is 0 Å². The molecule has 5 rings (SSSR count). The van der Waals surface area contributed by atoms with Crippen molar-refractivity contribution in [2.24, 2.45) is 5.92 Å². The maximum Gasteiger partial charge on any atom is 0.459 e. The van der Waals surface area contributed by atoms with E-state index in [4.69, 9.17) is 24.3 Å². The highest BCUT2D eigenvalue weighted by Gasteiger charge is 2.54. The molecule has 1 unspecified atom stereocenters. The topological polar surface area (TPSA) is 180 Å². The Kier molecular flexibility index (Phi) is 8.14. The molecular formula is C26H34N5O8P. The van der Waals surface area contributed by atoms with Crippen molar-refractivity contribution in [2.45, 2.75) is 63.1 Å². The molecule has 40 heavy (non-hydrogen) atoms. The van der Waals surface area contributed by atoms with Crippen LogP contribution in [0.4, 0.5) is 5.82 Å². The van der Waals surface area contributed by atoms with Crippen molar-refractivity contribution in [3.8, 4) is 5.75 Å². The molecule has 3 heterocycles. The fourth-order valence-electron chi connectivity index (χ4n) is 4.81. The zero-order valence-electron chi connectivity index (χ0n) is 22.3. The highest BCUT2D eigenvalue weighted by Crippen LogP contribution is 2.47. The lowest BCUT2D eigenvalue weighted by Gasteiger charge is -2.28. The monoisotopic (exact) mass is 575 g/mol. The average Bonchev–Trinajstić information content (AvgIpc) is 3.44. The fraction of sp³-hybridized carbons (Fsp3) is 0.500. The summed E-state index contributed by atoms with van der Waals surface area (Å²) in [5.74, 6) is 0.238. The van der Waals surface area contributed by atoms with Crippen LogP contribution < -0.4 is 15.3 Å². The van der Waals surface area contributed by atoms with Gasteiger partial charge in [-0.2, -0.15) is 10.2 Å². The lowest BCUT2D eigenvalue weighted by molar-refractivity contribution is -0.147. The highest BCUT2D eigenvalue weighted by molar-refractivity contribution is 7.52. The van der Waals surface area contributed by atoms with Crippen LogP contribution in [0.1, 0.15) is 38.8 Å². The molecule has 13 nitrogen and oxygen atoms in total. The quantitative estimate of drug-likeness (QED) is 0.194. The molecule has 1 aliphatic carbocycles. The molecule has 1 aliphatic heterocycles. The van der Waals surface area contributed by atoms with Crippen molar-refractivity contribution in [3.05, 3.63) is 54.5 Å². The number of aliphatic hydroxyl groups is 2. The van der Waals surface area contributed by atoms with Crippen LogP contribution in [0.25, 0.3) is 5.52 Å². The number of nitrogens with two attached hydrogens (primary N) is 1. The number of aromatic nitrogens is 3. The van der Waals surface area contributed by atoms with E-state index in [-0.39, 0.29) is 11.6 Å². The SMILES string of the molecule is C[C@H](NP(=O)(OC[C@H]1O[C@@](C)(c2ccc3c(N)ncnn23)[C@H](O)[C@@H]1O)Oc1ccccc1)C(=O)OCC1CCC1. The fourth-order valence-corrected chi connectivity index (χ4v) is 6.31. The summed E-state index contributed by atoms with van der Waals surface area (Å²) in [6, 6.07) is 10.7. The maximum atomic E-state index is 13.9. The smallest absolute Gasteiger partial charge is 0.459 e. The van der Waals surface area contributed by atoms with Crippen LogP contribution in [-0.2, 0) is 29.0 Å². The van der Waals surface area contributed by atoms with Gasteiger partial charge < -0.3 is 29.9 Å². The van der Waals surface area contributed by atoms with Crippen LogP contribution in [0, 0.1) is 5.92 Å². The first-order valence-corrected chi connectivity index (χ1v) is 14.7. The molecule has 1 saturated carbocycles. The molecule has 216 valence electrons. The molecule has 0 amide bonds. The summed E-state index contributed by atoms with van der Waals surface area (Å²) < 4.78 is 38.2. The largest absolute Gasteiger partial charge is 0.464 e. The molecule has 2 fully saturated rings. The summed E-state index contributed by atoms with van der Waals surface area (Å²) in [6.07, 6.45) is 0.510. The number of ether oxygens (including phenoxy) is 2. The summed E-state index contributed by atoms with van der Waals surface area (Å²) in [5, 5.41) is 28.7. The first-order chi connectivity index (χ1) is 19.1. The Morgan fingerprint density at radius 2 is 2.00 bits per heavy atom. The van der Waals surface area contributed by atoms with E-state index >= 15 is 0 Å². The van der Waals surface area contributed by atoms with Crippen LogP contribution in [0.5, 0.6) is 5.75 Å². The third-order valence-electron chi connectivity index (χ3n) is 7.42. The van der Waals surface area contributed by atoms with Crippen LogP contribution >= 0.6 is 7.75 Å². The van der Waals surface area contributed by atoms with Gasteiger partial charge in [0.25, 0.3) is 0 Å². The lowest BCUT2D eigenvalue weighted by Crippen LogP contribution is -2.40. The molecule has 1 saturated heterocycles. The molecule has 2 aromatic heterocycles. The zero-order chi connectivity index (χ0) is 28.5. The number of esters is 1. The standard InChI is InChI=1S/C26H34N5O8P/c1-16(25(34)36-13-17-7-6-8-17)30-40(35,39-18-9-4-3-5-10-18)37-14-20-22(32)23(33)26(2,38-20)21-12-11-19-24(27)28-15-29-31(19)21/h3-5,9-12,15-17,20,22-23,32-33H,6-8,13-14H2,1-2H3,(H,30,35)(H2,27,28,29)/t16-,20+,22+,23+,26-,40?/m0/s1. The van der Waals surface area contributed by atoms with Gasteiger partial charge in [-0.05, 0) is 56.9 Å². The number of rotatable bonds is 11. The van der Waals surface area contributed by atoms with E-state index in [1.54, 1.807) is 49.4 Å². The van der Waals surface area contributed by atoms with Gasteiger partial charge in [0.1, 0.15) is 47.5 Å². The third-order valence-corrected chi connectivity index (χ3v) is 9.07. The Morgan fingerprint density at radius 1 is 1.25 bits per heavy atom. The van der Waals surface area contributed by atoms with E-state index in [9.17, 15) is 19.6 Å². The van der Waals surface area contributed by atoms with Crippen LogP contribution in [0.3, 0.4) is 0 Å². The number of carbonyl (C=O) groups excluding carboxylic acids is 1. The van der Waals surface area contributed by atoms with E-state index < -0.39 is 50.3 Å². The Morgan fingerprint density at radius 3 is 2.70 bits per heavy atom. The minimum Gasteiger partial charge on any atom is -0.464 e. The Hall–Kier alpha value is -3.06. The van der Waals surface area contributed by atoms with Gasteiger partial charge >= 0.3 is 13.7 Å². The Balaban J connectivity index is 1.31. The predicted molar refractivity (Wildman–Crippen MR) is 143 cm³/mol. The van der Waals surface area contributed by atoms with Crippen molar-refractivity contribution >= 4 is 25.1 Å². The lowest BCUT2D eigenvalue weighted by atomic mass is 9.86. The molecular weight excluding hydrogens is 541 g/mol. The maximum absolute atomic E-state index is 13.9. The van der Waals surface area contributed by atoms with Crippen molar-refractivity contribution < 1.29 is 38.1 Å². The molecule has 2 aliphatic rings. The van der Waals surface area contributed by atoms with E-state index in [1.165, 1.54) is 17.8 Å². The normalized spacial score (nSPS) is 27.1. The van der Waals surface area contributed by atoms with Gasteiger partial charge in [-0.15, -0.1) is 0 Å². The van der Waals surface area contributed by atoms with Gasteiger partial charge in [-0.3, -0.25) is 9.32 Å². The van der Waals surface area contributed by atoms with E-state index in [1.807, 2.05) is 0 Å². The zero-order valence-corrected chi connectivity index (χ0v) is 23.1. The van der Waals surface area contributed by atoms with Crippen LogP contribution in [-0.4, -0.2) is 68.3 Å². The van der Waals surface area contributed by atoms with Crippen molar-refractivity contribution in [3.63, 3.8) is 0 Å². The summed E-state index contributed by atoms with van der Waals surface area (Å²) in [4.78, 5) is 16.5. The number of hydrogen-bond donors (Lipinski definition) is 4.